The number of nitrogens with one attached hydrogen (secondary N) is 3. The van der Waals surface area contributed by atoms with Crippen molar-refractivity contribution in [3.63, 3.8) is 0 Å². The number of aromatic nitrogens is 1. The maximum absolute atomic E-state index is 13.4. The predicted octanol–water partition coefficient (Wildman–Crippen LogP) is 4.61. The third-order valence-corrected chi connectivity index (χ3v) is 7.69. The fourth-order valence-electron chi connectivity index (χ4n) is 5.27. The number of primary amides is 1. The van der Waals surface area contributed by atoms with E-state index >= 15 is 0 Å². The number of ether oxygens (including phenoxy) is 2. The highest BCUT2D eigenvalue weighted by molar-refractivity contribution is 6.02. The quantitative estimate of drug-likeness (QED) is 0.152. The smallest absolute Gasteiger partial charge is 0.273 e. The summed E-state index contributed by atoms with van der Waals surface area (Å²) in [6, 6.07) is 22.9. The summed E-state index contributed by atoms with van der Waals surface area (Å²) >= 11 is 0. The van der Waals surface area contributed by atoms with Crippen LogP contribution in [0.2, 0.25) is 0 Å². The molecule has 1 unspecified atom stereocenters. The molecule has 1 atom stereocenters. The number of rotatable bonds is 14. The lowest BCUT2D eigenvalue weighted by molar-refractivity contribution is -0.142. The summed E-state index contributed by atoms with van der Waals surface area (Å²) in [6.07, 6.45) is 1.23. The Morgan fingerprint density at radius 2 is 1.46 bits per heavy atom. The summed E-state index contributed by atoms with van der Waals surface area (Å²) in [6.45, 7) is 8.58. The van der Waals surface area contributed by atoms with E-state index in [-0.39, 0.29) is 41.8 Å². The van der Waals surface area contributed by atoms with Gasteiger partial charge in [-0.2, -0.15) is 0 Å². The second-order valence-electron chi connectivity index (χ2n) is 11.4. The fraction of sp³-hybridized carbons (Fsp3) is 0.278. The van der Waals surface area contributed by atoms with Gasteiger partial charge >= 0.3 is 0 Å². The third kappa shape index (κ3) is 7.03. The van der Waals surface area contributed by atoms with Gasteiger partial charge in [0, 0.05) is 19.2 Å². The topological polar surface area (TPSA) is 167 Å². The number of nitrogens with two attached hydrogens (primary N) is 1. The molecule has 48 heavy (non-hydrogen) atoms. The van der Waals surface area contributed by atoms with Crippen molar-refractivity contribution in [2.24, 2.45) is 5.73 Å². The molecule has 1 aromatic heterocycles. The van der Waals surface area contributed by atoms with Gasteiger partial charge in [0.2, 0.25) is 5.60 Å². The fourth-order valence-corrected chi connectivity index (χ4v) is 5.27. The van der Waals surface area contributed by atoms with Gasteiger partial charge in [0.25, 0.3) is 17.7 Å². The van der Waals surface area contributed by atoms with E-state index in [1.54, 1.807) is 19.9 Å². The second-order valence-corrected chi connectivity index (χ2v) is 11.4. The highest BCUT2D eigenvalue weighted by atomic mass is 16.7. The minimum atomic E-state index is -2.16. The molecule has 3 amide bonds. The van der Waals surface area contributed by atoms with E-state index in [9.17, 15) is 14.4 Å². The monoisotopic (exact) mass is 653 g/mol. The summed E-state index contributed by atoms with van der Waals surface area (Å²) < 4.78 is 18.6. The number of hydrogen-bond donors (Lipinski definition) is 4. The normalized spacial score (nSPS) is 15.4. The van der Waals surface area contributed by atoms with E-state index in [2.05, 4.69) is 21.3 Å². The molecule has 0 fully saturated rings. The highest BCUT2D eigenvalue weighted by Crippen LogP contribution is 2.46. The van der Waals surface area contributed by atoms with Gasteiger partial charge in [0.1, 0.15) is 30.4 Å². The first-order valence-corrected chi connectivity index (χ1v) is 15.7. The molecule has 0 bridgehead atoms. The first-order valence-electron chi connectivity index (χ1n) is 15.7. The van der Waals surface area contributed by atoms with Crippen LogP contribution in [0.5, 0.6) is 11.5 Å². The summed E-state index contributed by atoms with van der Waals surface area (Å²) in [5.41, 5.74) is 8.97. The van der Waals surface area contributed by atoms with Crippen molar-refractivity contribution in [2.75, 3.05) is 13.1 Å². The number of likely N-dealkylation sites (N-methyl/N-ethyl adjacent to an activating group) is 1. The summed E-state index contributed by atoms with van der Waals surface area (Å²) in [5.74, 6) is -1.33. The average molecular weight is 654 g/mol. The minimum absolute atomic E-state index is 0.00942. The van der Waals surface area contributed by atoms with E-state index in [0.29, 0.717) is 30.2 Å². The zero-order chi connectivity index (χ0) is 34.3. The lowest BCUT2D eigenvalue weighted by Crippen LogP contribution is -2.43. The van der Waals surface area contributed by atoms with Gasteiger partial charge in [-0.1, -0.05) is 79.7 Å². The molecule has 3 aromatic carbocycles. The maximum Gasteiger partial charge on any atom is 0.273 e. The van der Waals surface area contributed by atoms with Crippen LogP contribution in [0, 0.1) is 0 Å². The molecule has 250 valence electrons. The number of benzene rings is 3. The van der Waals surface area contributed by atoms with Crippen LogP contribution in [0.15, 0.2) is 89.1 Å². The first kappa shape index (κ1) is 33.7. The Kier molecular flexibility index (Phi) is 10.4. The van der Waals surface area contributed by atoms with Crippen LogP contribution >= 0.6 is 0 Å². The second kappa shape index (κ2) is 14.9. The Morgan fingerprint density at radius 3 is 2.02 bits per heavy atom. The van der Waals surface area contributed by atoms with Crippen molar-refractivity contribution in [3.05, 3.63) is 113 Å². The molecule has 12 nitrogen and oxygen atoms in total. The molecule has 0 saturated heterocycles. The van der Waals surface area contributed by atoms with Gasteiger partial charge < -0.3 is 30.4 Å². The van der Waals surface area contributed by atoms with Gasteiger partial charge in [-0.15, -0.1) is 0 Å². The number of carbonyl (C=O) groups excluding carboxylic acids is 3. The highest BCUT2D eigenvalue weighted by Gasteiger charge is 2.51. The molecular weight excluding hydrogens is 614 g/mol. The van der Waals surface area contributed by atoms with Gasteiger partial charge in [-0.05, 0) is 48.6 Å². The molecule has 1 aliphatic rings. The van der Waals surface area contributed by atoms with Crippen molar-refractivity contribution in [3.8, 4) is 22.8 Å². The Hall–Kier alpha value is -5.62. The molecule has 1 aliphatic heterocycles. The molecule has 4 aromatic rings. The van der Waals surface area contributed by atoms with E-state index in [0.717, 1.165) is 16.7 Å². The standard InChI is InChI=1S/C36H39N5O7/c1-5-38-33(42)27-19-36(35(37)44,48-40-27)30-31(34(43)39-6-2)41-47-32(30)26-17-25(22(3)4)28(45-20-23-13-9-7-10-14-23)18-29(26)46-21-24-15-11-8-12-16-24/h7-19,22,40H,5-6,20-21H2,1-4H3,(H2,37,44)(H,38,42)(H,39,43). The zero-order valence-electron chi connectivity index (χ0n) is 27.3. The van der Waals surface area contributed by atoms with Crippen LogP contribution in [0.1, 0.15) is 66.4 Å². The van der Waals surface area contributed by atoms with Crippen LogP contribution in [0.3, 0.4) is 0 Å². The Labute approximate surface area is 278 Å². The Balaban J connectivity index is 1.72. The minimum Gasteiger partial charge on any atom is -0.488 e. The van der Waals surface area contributed by atoms with Crippen molar-refractivity contribution in [1.82, 2.24) is 21.3 Å². The largest absolute Gasteiger partial charge is 0.488 e. The van der Waals surface area contributed by atoms with E-state index in [1.807, 2.05) is 80.6 Å². The molecule has 12 heteroatoms. The van der Waals surface area contributed by atoms with Crippen molar-refractivity contribution in [1.29, 1.82) is 0 Å². The molecule has 0 spiro atoms. The van der Waals surface area contributed by atoms with E-state index in [1.165, 1.54) is 6.08 Å². The SMILES string of the molecule is CCNC(=O)C1=CC(C(N)=O)(c2c(C(=O)NCC)noc2-c2cc(C(C)C)c(OCc3ccccc3)cc2OCc2ccccc2)ON1. The predicted molar refractivity (Wildman–Crippen MR) is 177 cm³/mol. The van der Waals surface area contributed by atoms with Gasteiger partial charge in [-0.25, -0.2) is 4.84 Å². The van der Waals surface area contributed by atoms with Crippen LogP contribution in [-0.2, 0) is 33.2 Å². The average Bonchev–Trinajstić information content (AvgIpc) is 3.74. The van der Waals surface area contributed by atoms with E-state index in [4.69, 9.17) is 24.6 Å². The summed E-state index contributed by atoms with van der Waals surface area (Å²) in [5, 5.41) is 9.45. The van der Waals surface area contributed by atoms with Crippen LogP contribution in [0.25, 0.3) is 11.3 Å². The van der Waals surface area contributed by atoms with Crippen molar-refractivity contribution < 1.29 is 33.2 Å². The van der Waals surface area contributed by atoms with Gasteiger partial charge in [0.05, 0.1) is 11.1 Å². The van der Waals surface area contributed by atoms with E-state index < -0.39 is 23.3 Å². The van der Waals surface area contributed by atoms with Crippen molar-refractivity contribution in [2.45, 2.75) is 52.4 Å². The van der Waals surface area contributed by atoms with Crippen LogP contribution in [-0.4, -0.2) is 36.0 Å². The summed E-state index contributed by atoms with van der Waals surface area (Å²) in [4.78, 5) is 45.3. The first-order chi connectivity index (χ1) is 23.2. The van der Waals surface area contributed by atoms with Crippen LogP contribution < -0.4 is 31.3 Å². The number of hydroxylamine groups is 1. The van der Waals surface area contributed by atoms with Gasteiger partial charge in [-0.3, -0.25) is 19.9 Å². The molecule has 2 heterocycles. The van der Waals surface area contributed by atoms with Crippen LogP contribution in [0.4, 0.5) is 0 Å². The molecular formula is C36H39N5O7. The molecule has 5 N–H and O–H groups in total. The number of nitrogens with zero attached hydrogens (tertiary/aromatic N) is 1. The molecule has 0 aliphatic carbocycles. The Bertz CT molecular complexity index is 1800. The lowest BCUT2D eigenvalue weighted by Gasteiger charge is -2.24. The number of carbonyl (C=O) groups is 3. The van der Waals surface area contributed by atoms with Gasteiger partial charge in [0.15, 0.2) is 11.5 Å². The number of hydrogen-bond acceptors (Lipinski definition) is 9. The zero-order valence-corrected chi connectivity index (χ0v) is 27.3. The Morgan fingerprint density at radius 1 is 0.875 bits per heavy atom. The summed E-state index contributed by atoms with van der Waals surface area (Å²) in [7, 11) is 0. The molecule has 0 saturated carbocycles. The number of amides is 3. The molecule has 0 radical (unpaired) electrons. The molecule has 5 rings (SSSR count). The lowest BCUT2D eigenvalue weighted by atomic mass is 9.87. The third-order valence-electron chi connectivity index (χ3n) is 7.69. The maximum atomic E-state index is 13.4. The van der Waals surface area contributed by atoms with Crippen molar-refractivity contribution >= 4 is 17.7 Å².